The molecule has 2 amide bonds. The van der Waals surface area contributed by atoms with Gasteiger partial charge in [0.25, 0.3) is 11.8 Å². The molecule has 0 saturated heterocycles. The molecule has 0 aliphatic heterocycles. The molecule has 0 atom stereocenters. The van der Waals surface area contributed by atoms with E-state index in [1.165, 1.54) is 13.3 Å². The third kappa shape index (κ3) is 7.52. The van der Waals surface area contributed by atoms with Crippen molar-refractivity contribution in [3.05, 3.63) is 93.5 Å². The van der Waals surface area contributed by atoms with Crippen LogP contribution in [0, 0.1) is 0 Å². The molecule has 0 aromatic heterocycles. The van der Waals surface area contributed by atoms with E-state index in [0.29, 0.717) is 39.3 Å². The molecule has 7 nitrogen and oxygen atoms in total. The van der Waals surface area contributed by atoms with Gasteiger partial charge in [0.1, 0.15) is 6.61 Å². The van der Waals surface area contributed by atoms with Crippen molar-refractivity contribution in [3.63, 3.8) is 0 Å². The highest BCUT2D eigenvalue weighted by Crippen LogP contribution is 2.28. The number of methoxy groups -OCH3 is 1. The first-order chi connectivity index (χ1) is 15.9. The second-order valence-corrected chi connectivity index (χ2v) is 7.68. The Balaban J connectivity index is 1.49. The average Bonchev–Trinajstić information content (AvgIpc) is 2.83. The summed E-state index contributed by atoms with van der Waals surface area (Å²) >= 11 is 11.7. The molecule has 170 valence electrons. The normalized spacial score (nSPS) is 10.6. The number of hydrogen-bond donors (Lipinski definition) is 2. The molecule has 0 heterocycles. The molecule has 2 N–H and O–H groups in total. The van der Waals surface area contributed by atoms with Gasteiger partial charge in [-0.1, -0.05) is 35.3 Å². The van der Waals surface area contributed by atoms with Gasteiger partial charge in [-0.3, -0.25) is 9.59 Å². The fourth-order valence-corrected chi connectivity index (χ4v) is 2.96. The number of amides is 2. The minimum absolute atomic E-state index is 0.223. The van der Waals surface area contributed by atoms with Crippen LogP contribution in [0.3, 0.4) is 0 Å². The number of carbonyl (C=O) groups excluding carboxylic acids is 2. The van der Waals surface area contributed by atoms with E-state index in [-0.39, 0.29) is 12.5 Å². The van der Waals surface area contributed by atoms with Gasteiger partial charge in [-0.05, 0) is 65.7 Å². The highest BCUT2D eigenvalue weighted by Gasteiger charge is 2.08. The average molecular weight is 486 g/mol. The molecule has 3 rings (SSSR count). The van der Waals surface area contributed by atoms with E-state index >= 15 is 0 Å². The first kappa shape index (κ1) is 24.1. The van der Waals surface area contributed by atoms with E-state index in [4.69, 9.17) is 32.7 Å². The maximum Gasteiger partial charge on any atom is 0.259 e. The summed E-state index contributed by atoms with van der Waals surface area (Å²) < 4.78 is 11.2. The number of ether oxygens (including phenoxy) is 2. The molecule has 0 bridgehead atoms. The van der Waals surface area contributed by atoms with Crippen molar-refractivity contribution < 1.29 is 19.1 Å². The summed E-state index contributed by atoms with van der Waals surface area (Å²) in [4.78, 5) is 23.9. The van der Waals surface area contributed by atoms with E-state index in [2.05, 4.69) is 15.8 Å². The maximum absolute atomic E-state index is 12.0. The Kier molecular flexibility index (Phi) is 8.69. The molecule has 0 unspecified atom stereocenters. The Bertz CT molecular complexity index is 1130. The van der Waals surface area contributed by atoms with Crippen LogP contribution in [0.15, 0.2) is 71.8 Å². The standard InChI is InChI=1S/C24H21Cl2N3O4/c1-32-22-12-17(4-11-21(22)33-15-16-2-7-19(25)8-3-16)13-28-29-23(30)14-27-24(31)18-5-9-20(26)10-6-18/h2-13H,14-15H2,1H3,(H,27,31)(H,29,30). The number of hydrogen-bond acceptors (Lipinski definition) is 5. The smallest absolute Gasteiger partial charge is 0.259 e. The summed E-state index contributed by atoms with van der Waals surface area (Å²) in [5.74, 6) is 0.237. The van der Waals surface area contributed by atoms with Crippen LogP contribution < -0.4 is 20.2 Å². The summed E-state index contributed by atoms with van der Waals surface area (Å²) in [5.41, 5.74) is 4.43. The number of nitrogens with zero attached hydrogens (tertiary/aromatic N) is 1. The second kappa shape index (κ2) is 11.9. The summed E-state index contributed by atoms with van der Waals surface area (Å²) in [5, 5.41) is 7.61. The van der Waals surface area contributed by atoms with Crippen molar-refractivity contribution in [2.45, 2.75) is 6.61 Å². The van der Waals surface area contributed by atoms with Crippen molar-refractivity contribution in [1.82, 2.24) is 10.7 Å². The number of benzene rings is 3. The zero-order valence-corrected chi connectivity index (χ0v) is 19.2. The summed E-state index contributed by atoms with van der Waals surface area (Å²) in [7, 11) is 1.54. The van der Waals surface area contributed by atoms with Crippen LogP contribution in [0.2, 0.25) is 10.0 Å². The molecule has 0 saturated carbocycles. The number of carbonyl (C=O) groups is 2. The largest absolute Gasteiger partial charge is 0.493 e. The van der Waals surface area contributed by atoms with Crippen LogP contribution in [-0.4, -0.2) is 31.7 Å². The fraction of sp³-hybridized carbons (Fsp3) is 0.125. The van der Waals surface area contributed by atoms with Gasteiger partial charge in [-0.2, -0.15) is 5.10 Å². The van der Waals surface area contributed by atoms with E-state index in [0.717, 1.165) is 5.56 Å². The van der Waals surface area contributed by atoms with Gasteiger partial charge in [-0.25, -0.2) is 5.43 Å². The lowest BCUT2D eigenvalue weighted by atomic mass is 10.2. The van der Waals surface area contributed by atoms with Crippen molar-refractivity contribution >= 4 is 41.2 Å². The predicted octanol–water partition coefficient (Wildman–Crippen LogP) is 4.46. The molecule has 0 fully saturated rings. The topological polar surface area (TPSA) is 89.0 Å². The molecule has 3 aromatic carbocycles. The van der Waals surface area contributed by atoms with Crippen molar-refractivity contribution in [1.29, 1.82) is 0 Å². The lowest BCUT2D eigenvalue weighted by Crippen LogP contribution is -2.34. The summed E-state index contributed by atoms with van der Waals surface area (Å²) in [6.45, 7) is 0.137. The van der Waals surface area contributed by atoms with Crippen LogP contribution >= 0.6 is 23.2 Å². The minimum atomic E-state index is -0.469. The van der Waals surface area contributed by atoms with Gasteiger partial charge in [0.15, 0.2) is 11.5 Å². The molecule has 3 aromatic rings. The fourth-order valence-electron chi connectivity index (χ4n) is 2.71. The molecule has 0 spiro atoms. The third-order valence-corrected chi connectivity index (χ3v) is 4.92. The minimum Gasteiger partial charge on any atom is -0.493 e. The lowest BCUT2D eigenvalue weighted by Gasteiger charge is -2.11. The SMILES string of the molecule is COc1cc(C=NNC(=O)CNC(=O)c2ccc(Cl)cc2)ccc1OCc1ccc(Cl)cc1. The van der Waals surface area contributed by atoms with Gasteiger partial charge < -0.3 is 14.8 Å². The third-order valence-electron chi connectivity index (χ3n) is 4.41. The quantitative estimate of drug-likeness (QED) is 0.345. The molecular formula is C24H21Cl2N3O4. The van der Waals surface area contributed by atoms with Crippen LogP contribution in [0.4, 0.5) is 0 Å². The van der Waals surface area contributed by atoms with Crippen molar-refractivity contribution in [2.75, 3.05) is 13.7 Å². The molecular weight excluding hydrogens is 465 g/mol. The van der Waals surface area contributed by atoms with E-state index in [9.17, 15) is 9.59 Å². The number of rotatable bonds is 9. The monoisotopic (exact) mass is 485 g/mol. The Hall–Kier alpha value is -3.55. The van der Waals surface area contributed by atoms with Crippen LogP contribution in [-0.2, 0) is 11.4 Å². The first-order valence-electron chi connectivity index (χ1n) is 9.85. The molecule has 0 aliphatic carbocycles. The Morgan fingerprint density at radius 1 is 0.939 bits per heavy atom. The van der Waals surface area contributed by atoms with E-state index in [1.54, 1.807) is 54.6 Å². The van der Waals surface area contributed by atoms with Gasteiger partial charge >= 0.3 is 0 Å². The molecule has 0 aliphatic rings. The molecule has 33 heavy (non-hydrogen) atoms. The maximum atomic E-state index is 12.0. The number of nitrogens with one attached hydrogen (secondary N) is 2. The predicted molar refractivity (Wildman–Crippen MR) is 128 cm³/mol. The van der Waals surface area contributed by atoms with E-state index < -0.39 is 5.91 Å². The zero-order valence-electron chi connectivity index (χ0n) is 17.7. The zero-order chi connectivity index (χ0) is 23.6. The molecule has 0 radical (unpaired) electrons. The number of hydrazone groups is 1. The summed E-state index contributed by atoms with van der Waals surface area (Å²) in [6.07, 6.45) is 1.46. The highest BCUT2D eigenvalue weighted by atomic mass is 35.5. The van der Waals surface area contributed by atoms with Gasteiger partial charge in [-0.15, -0.1) is 0 Å². The lowest BCUT2D eigenvalue weighted by molar-refractivity contribution is -0.120. The number of halogens is 2. The Morgan fingerprint density at radius 3 is 2.27 bits per heavy atom. The van der Waals surface area contributed by atoms with Gasteiger partial charge in [0.05, 0.1) is 19.9 Å². The van der Waals surface area contributed by atoms with Crippen molar-refractivity contribution in [3.8, 4) is 11.5 Å². The first-order valence-corrected chi connectivity index (χ1v) is 10.6. The molecule has 9 heteroatoms. The van der Waals surface area contributed by atoms with Crippen LogP contribution in [0.5, 0.6) is 11.5 Å². The summed E-state index contributed by atoms with van der Waals surface area (Å²) in [6, 6.07) is 19.0. The van der Waals surface area contributed by atoms with Gasteiger partial charge in [0, 0.05) is 15.6 Å². The van der Waals surface area contributed by atoms with Crippen molar-refractivity contribution in [2.24, 2.45) is 5.10 Å². The van der Waals surface area contributed by atoms with Crippen LogP contribution in [0.25, 0.3) is 0 Å². The Morgan fingerprint density at radius 2 is 1.61 bits per heavy atom. The second-order valence-electron chi connectivity index (χ2n) is 6.81. The Labute approximate surface area is 201 Å². The van der Waals surface area contributed by atoms with Gasteiger partial charge in [0.2, 0.25) is 0 Å². The van der Waals surface area contributed by atoms with Crippen LogP contribution in [0.1, 0.15) is 21.5 Å². The van der Waals surface area contributed by atoms with E-state index in [1.807, 2.05) is 12.1 Å². The highest BCUT2D eigenvalue weighted by molar-refractivity contribution is 6.30.